The van der Waals surface area contributed by atoms with E-state index in [1.54, 1.807) is 7.11 Å². The van der Waals surface area contributed by atoms with Crippen molar-refractivity contribution < 1.29 is 9.53 Å². The molecule has 2 aromatic carbocycles. The monoisotopic (exact) mass is 336 g/mol. The number of Topliss-reactive ketones (excluding diaryl/α,β-unsaturated/α-hetero) is 1. The number of fused-ring (bicyclic) bond motifs is 1. The molecule has 0 fully saturated rings. The number of carbonyl (C=O) groups excluding carboxylic acids is 1. The minimum Gasteiger partial charge on any atom is -0.497 e. The number of methoxy groups -OCH3 is 1. The van der Waals surface area contributed by atoms with Crippen molar-refractivity contribution in [2.24, 2.45) is 0 Å². The number of aromatic nitrogens is 1. The molecule has 1 atom stereocenters. The normalized spacial score (nSPS) is 12.5. The summed E-state index contributed by atoms with van der Waals surface area (Å²) in [6.07, 6.45) is 0. The Kier molecular flexibility index (Phi) is 4.91. The quantitative estimate of drug-likeness (QED) is 0.687. The van der Waals surface area contributed by atoms with Gasteiger partial charge in [-0.1, -0.05) is 30.3 Å². The summed E-state index contributed by atoms with van der Waals surface area (Å²) in [5, 5.41) is 0.995. The fraction of sp³-hybridized carbons (Fsp3) is 0.286. The highest BCUT2D eigenvalue weighted by Gasteiger charge is 2.24. The summed E-state index contributed by atoms with van der Waals surface area (Å²) in [5.41, 5.74) is 3.88. The number of nitrogens with zero attached hydrogens (tertiary/aromatic N) is 1. The molecule has 1 N–H and O–H groups in total. The molecular formula is C21H24N2O2. The van der Waals surface area contributed by atoms with E-state index in [-0.39, 0.29) is 11.8 Å². The maximum Gasteiger partial charge on any atom is 0.182 e. The molecule has 25 heavy (non-hydrogen) atoms. The van der Waals surface area contributed by atoms with E-state index in [2.05, 4.69) is 9.88 Å². The second-order valence-electron chi connectivity index (χ2n) is 6.47. The maximum atomic E-state index is 13.1. The lowest BCUT2D eigenvalue weighted by atomic mass is 10.0. The Morgan fingerprint density at radius 1 is 1.16 bits per heavy atom. The van der Waals surface area contributed by atoms with Crippen molar-refractivity contribution in [2.45, 2.75) is 26.4 Å². The third-order valence-electron chi connectivity index (χ3n) is 4.77. The Bertz CT molecular complexity index is 881. The molecule has 0 saturated heterocycles. The van der Waals surface area contributed by atoms with Crippen LogP contribution in [0.25, 0.3) is 10.9 Å². The Morgan fingerprint density at radius 3 is 2.52 bits per heavy atom. The van der Waals surface area contributed by atoms with Crippen LogP contribution in [0, 0.1) is 6.92 Å². The van der Waals surface area contributed by atoms with Gasteiger partial charge in [0.05, 0.1) is 13.2 Å². The molecule has 0 aliphatic rings. The minimum atomic E-state index is -0.208. The van der Waals surface area contributed by atoms with E-state index in [9.17, 15) is 4.79 Å². The summed E-state index contributed by atoms with van der Waals surface area (Å²) in [5.74, 6) is 0.982. The molecule has 1 heterocycles. The van der Waals surface area contributed by atoms with Crippen LogP contribution in [-0.2, 0) is 6.54 Å². The van der Waals surface area contributed by atoms with Gasteiger partial charge < -0.3 is 9.72 Å². The number of hydrogen-bond donors (Lipinski definition) is 1. The van der Waals surface area contributed by atoms with Crippen molar-refractivity contribution in [1.29, 1.82) is 0 Å². The highest BCUT2D eigenvalue weighted by molar-refractivity contribution is 6.11. The first kappa shape index (κ1) is 17.2. The van der Waals surface area contributed by atoms with E-state index in [1.807, 2.05) is 69.4 Å². The predicted octanol–water partition coefficient (Wildman–Crippen LogP) is 4.19. The van der Waals surface area contributed by atoms with Gasteiger partial charge in [-0.3, -0.25) is 9.69 Å². The standard InChI is InChI=1S/C21H24N2O2/c1-14-20(18-7-5-6-8-19(18)22-14)21(24)15(2)23(3)13-16-9-11-17(25-4)12-10-16/h5-12,15,22H,13H2,1-4H3/t15-/m1/s1. The van der Waals surface area contributed by atoms with Crippen molar-refractivity contribution in [2.75, 3.05) is 14.2 Å². The van der Waals surface area contributed by atoms with E-state index in [4.69, 9.17) is 4.74 Å². The van der Waals surface area contributed by atoms with Crippen molar-refractivity contribution in [1.82, 2.24) is 9.88 Å². The van der Waals surface area contributed by atoms with Crippen LogP contribution in [0.15, 0.2) is 48.5 Å². The number of rotatable bonds is 6. The molecule has 0 unspecified atom stereocenters. The van der Waals surface area contributed by atoms with Crippen molar-refractivity contribution in [3.05, 3.63) is 65.4 Å². The lowest BCUT2D eigenvalue weighted by Crippen LogP contribution is -2.35. The van der Waals surface area contributed by atoms with Gasteiger partial charge in [-0.15, -0.1) is 0 Å². The molecule has 0 aliphatic heterocycles. The largest absolute Gasteiger partial charge is 0.497 e. The number of nitrogens with one attached hydrogen (secondary N) is 1. The van der Waals surface area contributed by atoms with Crippen LogP contribution in [0.4, 0.5) is 0 Å². The first-order chi connectivity index (χ1) is 12.0. The summed E-state index contributed by atoms with van der Waals surface area (Å²) in [4.78, 5) is 18.5. The third-order valence-corrected chi connectivity index (χ3v) is 4.77. The number of aromatic amines is 1. The third kappa shape index (κ3) is 3.44. The predicted molar refractivity (Wildman–Crippen MR) is 101 cm³/mol. The van der Waals surface area contributed by atoms with Crippen molar-refractivity contribution in [3.8, 4) is 5.75 Å². The molecule has 0 radical (unpaired) electrons. The fourth-order valence-corrected chi connectivity index (χ4v) is 3.16. The van der Waals surface area contributed by atoms with Crippen LogP contribution in [0.3, 0.4) is 0 Å². The van der Waals surface area contributed by atoms with Gasteiger partial charge in [0.15, 0.2) is 5.78 Å². The van der Waals surface area contributed by atoms with Crippen molar-refractivity contribution in [3.63, 3.8) is 0 Å². The summed E-state index contributed by atoms with van der Waals surface area (Å²) >= 11 is 0. The van der Waals surface area contributed by atoms with E-state index in [0.717, 1.165) is 33.5 Å². The number of ketones is 1. The zero-order valence-electron chi connectivity index (χ0n) is 15.2. The van der Waals surface area contributed by atoms with Gasteiger partial charge in [-0.25, -0.2) is 0 Å². The molecule has 130 valence electrons. The van der Waals surface area contributed by atoms with Gasteiger partial charge in [-0.2, -0.15) is 0 Å². The summed E-state index contributed by atoms with van der Waals surface area (Å²) in [6, 6.07) is 15.7. The first-order valence-corrected chi connectivity index (χ1v) is 8.46. The highest BCUT2D eigenvalue weighted by atomic mass is 16.5. The molecule has 3 aromatic rings. The number of H-pyrrole nitrogens is 1. The van der Waals surface area contributed by atoms with Crippen molar-refractivity contribution >= 4 is 16.7 Å². The lowest BCUT2D eigenvalue weighted by Gasteiger charge is -2.24. The molecule has 0 saturated carbocycles. The SMILES string of the molecule is COc1ccc(CN(C)[C@H](C)C(=O)c2c(C)[nH]c3ccccc23)cc1. The number of carbonyl (C=O) groups is 1. The van der Waals surface area contributed by atoms with Gasteiger partial charge in [0.1, 0.15) is 5.75 Å². The Hall–Kier alpha value is -2.59. The molecular weight excluding hydrogens is 312 g/mol. The molecule has 1 aromatic heterocycles. The minimum absolute atomic E-state index is 0.144. The molecule has 0 spiro atoms. The highest BCUT2D eigenvalue weighted by Crippen LogP contribution is 2.24. The van der Waals surface area contributed by atoms with Crippen LogP contribution in [0.1, 0.15) is 28.5 Å². The summed E-state index contributed by atoms with van der Waals surface area (Å²) < 4.78 is 5.19. The Labute approximate surface area is 148 Å². The van der Waals surface area contributed by atoms with Gasteiger partial charge in [0.2, 0.25) is 0 Å². The van der Waals surface area contributed by atoms with Gasteiger partial charge in [0.25, 0.3) is 0 Å². The average Bonchev–Trinajstić information content (AvgIpc) is 2.96. The van der Waals surface area contributed by atoms with Gasteiger partial charge in [-0.05, 0) is 44.7 Å². The zero-order chi connectivity index (χ0) is 18.0. The Balaban J connectivity index is 1.79. The van der Waals surface area contributed by atoms with Crippen LogP contribution < -0.4 is 4.74 Å². The topological polar surface area (TPSA) is 45.3 Å². The average molecular weight is 336 g/mol. The van der Waals surface area contributed by atoms with Crippen LogP contribution in [0.2, 0.25) is 0 Å². The van der Waals surface area contributed by atoms with E-state index >= 15 is 0 Å². The molecule has 0 bridgehead atoms. The van der Waals surface area contributed by atoms with Gasteiger partial charge >= 0.3 is 0 Å². The lowest BCUT2D eigenvalue weighted by molar-refractivity contribution is 0.0863. The molecule has 0 amide bonds. The number of aryl methyl sites for hydroxylation is 1. The number of ether oxygens (including phenoxy) is 1. The second-order valence-corrected chi connectivity index (χ2v) is 6.47. The van der Waals surface area contributed by atoms with Crippen LogP contribution in [0.5, 0.6) is 5.75 Å². The molecule has 3 rings (SSSR count). The van der Waals surface area contributed by atoms with Crippen LogP contribution in [-0.4, -0.2) is 35.9 Å². The smallest absolute Gasteiger partial charge is 0.182 e. The van der Waals surface area contributed by atoms with E-state index in [0.29, 0.717) is 6.54 Å². The van der Waals surface area contributed by atoms with E-state index < -0.39 is 0 Å². The summed E-state index contributed by atoms with van der Waals surface area (Å²) in [6.45, 7) is 4.63. The molecule has 0 aliphatic carbocycles. The zero-order valence-corrected chi connectivity index (χ0v) is 15.2. The van der Waals surface area contributed by atoms with E-state index in [1.165, 1.54) is 0 Å². The fourth-order valence-electron chi connectivity index (χ4n) is 3.16. The number of likely N-dealkylation sites (N-methyl/N-ethyl adjacent to an activating group) is 1. The van der Waals surface area contributed by atoms with Gasteiger partial charge in [0, 0.05) is 28.7 Å². The summed E-state index contributed by atoms with van der Waals surface area (Å²) in [7, 11) is 3.64. The maximum absolute atomic E-state index is 13.1. The Morgan fingerprint density at radius 2 is 1.84 bits per heavy atom. The second kappa shape index (κ2) is 7.11. The molecule has 4 nitrogen and oxygen atoms in total. The molecule has 4 heteroatoms. The number of para-hydroxylation sites is 1. The number of hydrogen-bond acceptors (Lipinski definition) is 3. The van der Waals surface area contributed by atoms with Crippen LogP contribution >= 0.6 is 0 Å². The first-order valence-electron chi connectivity index (χ1n) is 8.46. The number of benzene rings is 2.